The lowest BCUT2D eigenvalue weighted by molar-refractivity contribution is 0.00189. The van der Waals surface area contributed by atoms with Crippen LogP contribution in [0.5, 0.6) is 0 Å². The molecule has 0 spiro atoms. The predicted octanol–water partition coefficient (Wildman–Crippen LogP) is 1.52. The maximum Gasteiger partial charge on any atom is 0.271 e. The zero-order valence-electron chi connectivity index (χ0n) is 16.2. The molecule has 1 amide bonds. The Kier molecular flexibility index (Phi) is 8.25. The zero-order valence-corrected chi connectivity index (χ0v) is 16.2. The zero-order chi connectivity index (χ0) is 18.9. The van der Waals surface area contributed by atoms with Crippen LogP contribution in [-0.2, 0) is 11.3 Å². The van der Waals surface area contributed by atoms with Crippen molar-refractivity contribution < 1.29 is 9.53 Å². The van der Waals surface area contributed by atoms with Gasteiger partial charge in [0, 0.05) is 38.3 Å². The minimum absolute atomic E-state index is 0.174. The highest BCUT2D eigenvalue weighted by Crippen LogP contribution is 2.19. The first kappa shape index (κ1) is 20.6. The second-order valence-electron chi connectivity index (χ2n) is 6.78. The number of hydrogen-bond donors (Lipinski definition) is 1. The van der Waals surface area contributed by atoms with Gasteiger partial charge >= 0.3 is 0 Å². The van der Waals surface area contributed by atoms with Crippen LogP contribution in [0, 0.1) is 5.92 Å². The number of carbonyl (C=O) groups is 1. The summed E-state index contributed by atoms with van der Waals surface area (Å²) >= 11 is 0. The van der Waals surface area contributed by atoms with Gasteiger partial charge in [0.15, 0.2) is 0 Å². The molecule has 0 saturated carbocycles. The van der Waals surface area contributed by atoms with Crippen molar-refractivity contribution in [2.75, 3.05) is 32.8 Å². The Labute approximate surface area is 155 Å². The lowest BCUT2D eigenvalue weighted by Gasteiger charge is -2.38. The molecule has 1 saturated heterocycles. The van der Waals surface area contributed by atoms with Crippen LogP contribution in [0.3, 0.4) is 0 Å². The quantitative estimate of drug-likeness (QED) is 0.719. The summed E-state index contributed by atoms with van der Waals surface area (Å²) in [7, 11) is 0. The summed E-state index contributed by atoms with van der Waals surface area (Å²) in [5, 5.41) is 7.23. The van der Waals surface area contributed by atoms with Gasteiger partial charge < -0.3 is 10.1 Å². The largest absolute Gasteiger partial charge is 0.379 e. The monoisotopic (exact) mass is 364 g/mol. The van der Waals surface area contributed by atoms with Gasteiger partial charge in [-0.3, -0.25) is 14.5 Å². The average molecular weight is 364 g/mol. The molecule has 1 aliphatic heterocycles. The van der Waals surface area contributed by atoms with Crippen molar-refractivity contribution in [2.45, 2.75) is 52.6 Å². The third kappa shape index (κ3) is 5.38. The molecule has 2 rings (SSSR count). The Morgan fingerprint density at radius 1 is 1.23 bits per heavy atom. The molecule has 7 nitrogen and oxygen atoms in total. The summed E-state index contributed by atoms with van der Waals surface area (Å²) in [5.41, 5.74) is 0.120. The summed E-state index contributed by atoms with van der Waals surface area (Å²) < 4.78 is 6.82. The fourth-order valence-electron chi connectivity index (χ4n) is 3.57. The number of hydrogen-bond acceptors (Lipinski definition) is 5. The van der Waals surface area contributed by atoms with Gasteiger partial charge in [0.25, 0.3) is 11.5 Å². The molecule has 26 heavy (non-hydrogen) atoms. The molecule has 1 aromatic rings. The third-order valence-corrected chi connectivity index (χ3v) is 5.11. The Morgan fingerprint density at radius 3 is 2.54 bits per heavy atom. The van der Waals surface area contributed by atoms with Crippen LogP contribution in [0.1, 0.15) is 50.5 Å². The fourth-order valence-corrected chi connectivity index (χ4v) is 3.57. The number of carbonyl (C=O) groups excluding carboxylic acids is 1. The summed E-state index contributed by atoms with van der Waals surface area (Å²) in [6, 6.07) is 3.21. The second-order valence-corrected chi connectivity index (χ2v) is 6.78. The maximum absolute atomic E-state index is 12.6. The van der Waals surface area contributed by atoms with E-state index in [0.717, 1.165) is 45.6 Å². The molecule has 2 heterocycles. The van der Waals surface area contributed by atoms with Gasteiger partial charge in [-0.1, -0.05) is 33.6 Å². The van der Waals surface area contributed by atoms with E-state index in [2.05, 4.69) is 29.2 Å². The number of nitrogens with one attached hydrogen (secondary N) is 1. The van der Waals surface area contributed by atoms with E-state index < -0.39 is 0 Å². The van der Waals surface area contributed by atoms with E-state index in [-0.39, 0.29) is 11.5 Å². The number of amides is 1. The van der Waals surface area contributed by atoms with E-state index in [1.807, 2.05) is 6.92 Å². The van der Waals surface area contributed by atoms with Crippen LogP contribution in [0.2, 0.25) is 0 Å². The summed E-state index contributed by atoms with van der Waals surface area (Å²) in [6.07, 6.45) is 2.95. The molecule has 7 heteroatoms. The van der Waals surface area contributed by atoms with E-state index in [0.29, 0.717) is 30.7 Å². The topological polar surface area (TPSA) is 76.5 Å². The number of aromatic nitrogens is 2. The fraction of sp³-hybridized carbons (Fsp3) is 0.737. The van der Waals surface area contributed by atoms with Crippen molar-refractivity contribution in [1.29, 1.82) is 0 Å². The highest BCUT2D eigenvalue weighted by Gasteiger charge is 2.27. The van der Waals surface area contributed by atoms with Crippen molar-refractivity contribution in [3.8, 4) is 0 Å². The van der Waals surface area contributed by atoms with Crippen molar-refractivity contribution in [2.24, 2.45) is 5.92 Å². The first-order valence-electron chi connectivity index (χ1n) is 9.78. The van der Waals surface area contributed by atoms with Crippen LogP contribution in [0.25, 0.3) is 0 Å². The number of morpholine rings is 1. The summed E-state index contributed by atoms with van der Waals surface area (Å²) in [4.78, 5) is 26.8. The minimum Gasteiger partial charge on any atom is -0.379 e. The Morgan fingerprint density at radius 2 is 1.92 bits per heavy atom. The minimum atomic E-state index is -0.223. The summed E-state index contributed by atoms with van der Waals surface area (Å²) in [5.74, 6) is 0.300. The van der Waals surface area contributed by atoms with Gasteiger partial charge in [-0.15, -0.1) is 0 Å². The van der Waals surface area contributed by atoms with Crippen LogP contribution in [0.4, 0.5) is 0 Å². The van der Waals surface area contributed by atoms with Crippen molar-refractivity contribution in [1.82, 2.24) is 20.0 Å². The molecule has 1 unspecified atom stereocenters. The van der Waals surface area contributed by atoms with Crippen molar-refractivity contribution >= 4 is 5.91 Å². The van der Waals surface area contributed by atoms with Crippen LogP contribution < -0.4 is 10.9 Å². The summed E-state index contributed by atoms with van der Waals surface area (Å²) in [6.45, 7) is 10.8. The molecule has 1 atom stereocenters. The number of ether oxygens (including phenoxy) is 1. The van der Waals surface area contributed by atoms with Crippen molar-refractivity contribution in [3.63, 3.8) is 0 Å². The maximum atomic E-state index is 12.6. The molecule has 0 bridgehead atoms. The molecular weight excluding hydrogens is 332 g/mol. The number of nitrogens with zero attached hydrogens (tertiary/aromatic N) is 3. The molecule has 0 aromatic carbocycles. The Hall–Kier alpha value is -1.73. The number of aryl methyl sites for hydroxylation is 1. The standard InChI is InChI=1S/C19H32N4O3/c1-4-9-23-18(24)8-7-16(21-23)19(25)20-14-17(15(5-2)6-3)22-10-12-26-13-11-22/h7-8,15,17H,4-6,9-14H2,1-3H3,(H,20,25). The Bertz CT molecular complexity index is 621. The predicted molar refractivity (Wildman–Crippen MR) is 101 cm³/mol. The van der Waals surface area contributed by atoms with E-state index in [1.54, 1.807) is 0 Å². The molecule has 1 fully saturated rings. The van der Waals surface area contributed by atoms with Crippen molar-refractivity contribution in [3.05, 3.63) is 28.2 Å². The highest BCUT2D eigenvalue weighted by molar-refractivity contribution is 5.92. The van der Waals surface area contributed by atoms with E-state index in [9.17, 15) is 9.59 Å². The molecule has 146 valence electrons. The molecular formula is C19H32N4O3. The molecule has 1 aromatic heterocycles. The van der Waals surface area contributed by atoms with Gasteiger partial charge in [-0.2, -0.15) is 5.10 Å². The lowest BCUT2D eigenvalue weighted by Crippen LogP contribution is -2.52. The second kappa shape index (κ2) is 10.4. The van der Waals surface area contributed by atoms with E-state index in [4.69, 9.17) is 4.74 Å². The molecule has 1 N–H and O–H groups in total. The van der Waals surface area contributed by atoms with Crippen LogP contribution in [-0.4, -0.2) is 59.5 Å². The van der Waals surface area contributed by atoms with Crippen LogP contribution in [0.15, 0.2) is 16.9 Å². The van der Waals surface area contributed by atoms with Gasteiger partial charge in [-0.25, -0.2) is 4.68 Å². The molecule has 0 aliphatic carbocycles. The highest BCUT2D eigenvalue weighted by atomic mass is 16.5. The smallest absolute Gasteiger partial charge is 0.271 e. The lowest BCUT2D eigenvalue weighted by atomic mass is 9.92. The van der Waals surface area contributed by atoms with Gasteiger partial charge in [0.2, 0.25) is 0 Å². The average Bonchev–Trinajstić information content (AvgIpc) is 2.67. The Balaban J connectivity index is 2.05. The molecule has 0 radical (unpaired) electrons. The first-order chi connectivity index (χ1) is 12.6. The first-order valence-corrected chi connectivity index (χ1v) is 9.78. The molecule has 1 aliphatic rings. The van der Waals surface area contributed by atoms with Gasteiger partial charge in [0.1, 0.15) is 5.69 Å². The van der Waals surface area contributed by atoms with Gasteiger partial charge in [-0.05, 0) is 18.4 Å². The van der Waals surface area contributed by atoms with Crippen LogP contribution >= 0.6 is 0 Å². The normalized spacial score (nSPS) is 16.6. The third-order valence-electron chi connectivity index (χ3n) is 5.11. The van der Waals surface area contributed by atoms with E-state index in [1.165, 1.54) is 16.8 Å². The SMILES string of the molecule is CCCn1nc(C(=O)NCC(C(CC)CC)N2CCOCC2)ccc1=O. The number of rotatable bonds is 9. The van der Waals surface area contributed by atoms with Gasteiger partial charge in [0.05, 0.1) is 13.2 Å². The van der Waals surface area contributed by atoms with E-state index >= 15 is 0 Å².